The Bertz CT molecular complexity index is 518. The summed E-state index contributed by atoms with van der Waals surface area (Å²) in [6.07, 6.45) is 2.87. The molecule has 22 heavy (non-hydrogen) atoms. The van der Waals surface area contributed by atoms with E-state index in [2.05, 4.69) is 11.6 Å². The van der Waals surface area contributed by atoms with E-state index in [1.165, 1.54) is 11.8 Å². The second-order valence-corrected chi connectivity index (χ2v) is 6.86. The predicted octanol–water partition coefficient (Wildman–Crippen LogP) is 1.66. The third-order valence-corrected chi connectivity index (χ3v) is 5.26. The van der Waals surface area contributed by atoms with Crippen molar-refractivity contribution in [3.63, 3.8) is 0 Å². The van der Waals surface area contributed by atoms with Gasteiger partial charge in [-0.1, -0.05) is 37.4 Å². The van der Waals surface area contributed by atoms with Crippen LogP contribution >= 0.6 is 11.8 Å². The van der Waals surface area contributed by atoms with Crippen LogP contribution in [0, 0.1) is 5.92 Å². The number of nitrogens with two attached hydrogens (primary N) is 1. The van der Waals surface area contributed by atoms with E-state index in [4.69, 9.17) is 10.5 Å². The molecule has 1 fully saturated rings. The molecule has 0 aromatic rings. The Morgan fingerprint density at radius 3 is 2.82 bits per heavy atom. The van der Waals surface area contributed by atoms with Crippen molar-refractivity contribution in [1.29, 1.82) is 0 Å². The van der Waals surface area contributed by atoms with Crippen molar-refractivity contribution >= 4 is 22.6 Å². The molecule has 0 spiro atoms. The van der Waals surface area contributed by atoms with Crippen LogP contribution in [0.5, 0.6) is 0 Å². The molecule has 6 atom stereocenters. The number of hydrogen-bond donors (Lipinski definition) is 2. The summed E-state index contributed by atoms with van der Waals surface area (Å²) < 4.78 is 5.58. The smallest absolute Gasteiger partial charge is 0.190 e. The molecular weight excluding hydrogens is 300 g/mol. The SMILES string of the molecule is C=C(CC)[C@H](O)C1=NC(C(/C=C\C)C2OC(C)C2=O)C(N)S1. The zero-order valence-corrected chi connectivity index (χ0v) is 14.0. The molecule has 0 aromatic carbocycles. The van der Waals surface area contributed by atoms with Crippen molar-refractivity contribution in [3.8, 4) is 0 Å². The van der Waals surface area contributed by atoms with Crippen LogP contribution in [-0.2, 0) is 9.53 Å². The lowest BCUT2D eigenvalue weighted by Crippen LogP contribution is -2.55. The van der Waals surface area contributed by atoms with E-state index in [0.29, 0.717) is 17.0 Å². The van der Waals surface area contributed by atoms with Crippen molar-refractivity contribution in [2.24, 2.45) is 16.6 Å². The first kappa shape index (κ1) is 17.4. The largest absolute Gasteiger partial charge is 0.382 e. The van der Waals surface area contributed by atoms with Crippen molar-refractivity contribution in [2.45, 2.75) is 56.9 Å². The first-order valence-corrected chi connectivity index (χ1v) is 8.46. The average Bonchev–Trinajstić information content (AvgIpc) is 2.90. The van der Waals surface area contributed by atoms with Crippen LogP contribution in [0.1, 0.15) is 27.2 Å². The summed E-state index contributed by atoms with van der Waals surface area (Å²) in [7, 11) is 0. The molecule has 1 saturated heterocycles. The maximum absolute atomic E-state index is 12.0. The van der Waals surface area contributed by atoms with Crippen LogP contribution in [-0.4, -0.2) is 45.7 Å². The third-order valence-electron chi connectivity index (χ3n) is 4.13. The highest BCUT2D eigenvalue weighted by Crippen LogP contribution is 2.36. The highest BCUT2D eigenvalue weighted by Gasteiger charge is 2.48. The first-order chi connectivity index (χ1) is 10.4. The molecule has 2 heterocycles. The number of carbonyl (C=O) groups is 1. The van der Waals surface area contributed by atoms with E-state index in [1.54, 1.807) is 6.92 Å². The number of ether oxygens (including phenoxy) is 1. The van der Waals surface area contributed by atoms with Crippen LogP contribution in [0.3, 0.4) is 0 Å². The molecule has 2 aliphatic rings. The van der Waals surface area contributed by atoms with Crippen LogP contribution < -0.4 is 5.73 Å². The molecule has 0 aromatic heterocycles. The van der Waals surface area contributed by atoms with Gasteiger partial charge in [0.25, 0.3) is 0 Å². The Hall–Kier alpha value is -0.950. The zero-order chi connectivity index (χ0) is 16.4. The van der Waals surface area contributed by atoms with Crippen LogP contribution in [0.25, 0.3) is 0 Å². The highest BCUT2D eigenvalue weighted by molar-refractivity contribution is 8.14. The number of ketones is 1. The number of hydrogen-bond acceptors (Lipinski definition) is 6. The predicted molar refractivity (Wildman–Crippen MR) is 89.9 cm³/mol. The van der Waals surface area contributed by atoms with E-state index in [0.717, 1.165) is 0 Å². The summed E-state index contributed by atoms with van der Waals surface area (Å²) in [6.45, 7) is 9.44. The Morgan fingerprint density at radius 2 is 2.32 bits per heavy atom. The topological polar surface area (TPSA) is 84.9 Å². The maximum Gasteiger partial charge on any atom is 0.190 e. The molecule has 6 heteroatoms. The fraction of sp³-hybridized carbons (Fsp3) is 0.625. The van der Waals surface area contributed by atoms with Crippen molar-refractivity contribution in [1.82, 2.24) is 0 Å². The van der Waals surface area contributed by atoms with Gasteiger partial charge < -0.3 is 15.6 Å². The second-order valence-electron chi connectivity index (χ2n) is 5.66. The van der Waals surface area contributed by atoms with Crippen molar-refractivity contribution < 1.29 is 14.6 Å². The molecule has 122 valence electrons. The van der Waals surface area contributed by atoms with Gasteiger partial charge in [0.1, 0.15) is 23.4 Å². The van der Waals surface area contributed by atoms with Crippen molar-refractivity contribution in [3.05, 3.63) is 24.3 Å². The number of thioether (sulfide) groups is 1. The van der Waals surface area contributed by atoms with Crippen LogP contribution in [0.2, 0.25) is 0 Å². The Kier molecular flexibility index (Phi) is 5.60. The minimum atomic E-state index is -0.783. The van der Waals surface area contributed by atoms with Gasteiger partial charge in [-0.25, -0.2) is 0 Å². The van der Waals surface area contributed by atoms with E-state index in [-0.39, 0.29) is 29.2 Å². The standard InChI is InChI=1S/C16H24N2O3S/c1-5-7-10(14-13(20)9(4)21-14)11-15(17)22-16(18-11)12(19)8(3)6-2/h5,7,9-12,14-15,19H,3,6,17H2,1-2,4H3/b7-5-/t9?,10?,11?,12-,14?,15?/m0/s1. The van der Waals surface area contributed by atoms with E-state index >= 15 is 0 Å². The van der Waals surface area contributed by atoms with Gasteiger partial charge in [-0.05, 0) is 25.8 Å². The summed E-state index contributed by atoms with van der Waals surface area (Å²) in [5, 5.41) is 10.5. The minimum absolute atomic E-state index is 0.0856. The Morgan fingerprint density at radius 1 is 1.64 bits per heavy atom. The molecular formula is C16H24N2O3S. The molecule has 0 radical (unpaired) electrons. The monoisotopic (exact) mass is 324 g/mol. The third kappa shape index (κ3) is 3.20. The summed E-state index contributed by atoms with van der Waals surface area (Å²) >= 11 is 1.35. The number of aliphatic hydroxyl groups is 1. The molecule has 2 rings (SSSR count). The molecule has 0 amide bonds. The summed E-state index contributed by atoms with van der Waals surface area (Å²) in [4.78, 5) is 16.6. The lowest BCUT2D eigenvalue weighted by Gasteiger charge is -2.38. The normalized spacial score (nSPS) is 34.4. The van der Waals surface area contributed by atoms with Crippen molar-refractivity contribution in [2.75, 3.05) is 0 Å². The fourth-order valence-electron chi connectivity index (χ4n) is 2.68. The lowest BCUT2D eigenvalue weighted by atomic mass is 9.85. The first-order valence-electron chi connectivity index (χ1n) is 7.58. The molecule has 3 N–H and O–H groups in total. The number of aliphatic imine (C=N–C) groups is 1. The number of carbonyl (C=O) groups excluding carboxylic acids is 1. The average molecular weight is 324 g/mol. The second kappa shape index (κ2) is 7.08. The van der Waals surface area contributed by atoms with E-state index < -0.39 is 12.2 Å². The quantitative estimate of drug-likeness (QED) is 0.726. The summed E-state index contributed by atoms with van der Waals surface area (Å²) in [6, 6.07) is -0.281. The molecule has 0 saturated carbocycles. The molecule has 5 unspecified atom stereocenters. The van der Waals surface area contributed by atoms with Gasteiger partial charge in [-0.3, -0.25) is 9.79 Å². The molecule has 0 bridgehead atoms. The lowest BCUT2D eigenvalue weighted by molar-refractivity contribution is -0.175. The van der Waals surface area contributed by atoms with Gasteiger partial charge >= 0.3 is 0 Å². The molecule has 0 aliphatic carbocycles. The minimum Gasteiger partial charge on any atom is -0.382 e. The van der Waals surface area contributed by atoms with Gasteiger partial charge in [0.05, 0.1) is 11.4 Å². The number of nitrogens with zero attached hydrogens (tertiary/aromatic N) is 1. The van der Waals surface area contributed by atoms with Gasteiger partial charge in [-0.2, -0.15) is 0 Å². The molecule has 5 nitrogen and oxygen atoms in total. The van der Waals surface area contributed by atoms with E-state index in [1.807, 2.05) is 26.0 Å². The maximum atomic E-state index is 12.0. The number of rotatable bonds is 6. The number of Topliss-reactive ketones (excluding diaryl/α,β-unsaturated/α-hetero) is 1. The van der Waals surface area contributed by atoms with Gasteiger partial charge in [0.15, 0.2) is 5.78 Å². The number of aliphatic hydroxyl groups excluding tert-OH is 1. The molecule has 2 aliphatic heterocycles. The Labute approximate surface area is 135 Å². The van der Waals surface area contributed by atoms with Gasteiger partial charge in [-0.15, -0.1) is 0 Å². The van der Waals surface area contributed by atoms with E-state index in [9.17, 15) is 9.90 Å². The number of allylic oxidation sites excluding steroid dienone is 1. The fourth-order valence-corrected chi connectivity index (χ4v) is 3.82. The van der Waals surface area contributed by atoms with Crippen LogP contribution in [0.15, 0.2) is 29.3 Å². The highest BCUT2D eigenvalue weighted by atomic mass is 32.2. The van der Waals surface area contributed by atoms with Crippen LogP contribution in [0.4, 0.5) is 0 Å². The summed E-state index contributed by atoms with van der Waals surface area (Å²) in [5.41, 5.74) is 6.90. The van der Waals surface area contributed by atoms with Gasteiger partial charge in [0, 0.05) is 5.92 Å². The van der Waals surface area contributed by atoms with Gasteiger partial charge in [0.2, 0.25) is 0 Å². The summed E-state index contributed by atoms with van der Waals surface area (Å²) in [5.74, 6) is -0.113. The zero-order valence-electron chi connectivity index (χ0n) is 13.2. The Balaban J connectivity index is 2.19.